The van der Waals surface area contributed by atoms with Crippen LogP contribution < -0.4 is 15.0 Å². The number of nitrogens with one attached hydrogen (secondary N) is 1. The summed E-state index contributed by atoms with van der Waals surface area (Å²) < 4.78 is 19.1. The first-order valence-electron chi connectivity index (χ1n) is 12.3. The first-order valence-corrected chi connectivity index (χ1v) is 12.3. The van der Waals surface area contributed by atoms with E-state index in [4.69, 9.17) is 10.00 Å². The number of ketones is 1. The zero-order chi connectivity index (χ0) is 25.1. The van der Waals surface area contributed by atoms with Crippen LogP contribution in [0.1, 0.15) is 27.9 Å². The van der Waals surface area contributed by atoms with Crippen molar-refractivity contribution in [1.82, 2.24) is 4.90 Å². The number of ether oxygens (including phenoxy) is 1. The molecule has 2 aliphatic rings. The molecule has 1 saturated heterocycles. The number of carbonyl (C=O) groups is 1. The zero-order valence-electron chi connectivity index (χ0n) is 20.3. The number of rotatable bonds is 6. The minimum atomic E-state index is -0.344. The SMILES string of the molecule is COc1cc(F)ccc1N1CCN(C(C(=O)c2ccc(C#N)cc2)C2CCc3ccccc3N2)CC1. The number of fused-ring (bicyclic) bond motifs is 1. The van der Waals surface area contributed by atoms with Crippen LogP contribution in [-0.2, 0) is 6.42 Å². The fourth-order valence-corrected chi connectivity index (χ4v) is 5.34. The van der Waals surface area contributed by atoms with Crippen LogP contribution in [0.2, 0.25) is 0 Å². The largest absolute Gasteiger partial charge is 0.494 e. The molecule has 0 saturated carbocycles. The van der Waals surface area contributed by atoms with Gasteiger partial charge in [-0.25, -0.2) is 4.39 Å². The lowest BCUT2D eigenvalue weighted by atomic mass is 9.88. The van der Waals surface area contributed by atoms with E-state index in [0.717, 1.165) is 24.2 Å². The number of anilines is 2. The second kappa shape index (κ2) is 10.4. The van der Waals surface area contributed by atoms with Crippen LogP contribution in [0.3, 0.4) is 0 Å². The van der Waals surface area contributed by atoms with Crippen molar-refractivity contribution >= 4 is 17.2 Å². The van der Waals surface area contributed by atoms with Crippen molar-refractivity contribution in [2.75, 3.05) is 43.5 Å². The molecule has 0 aliphatic carbocycles. The highest BCUT2D eigenvalue weighted by atomic mass is 19.1. The Labute approximate surface area is 210 Å². The number of hydrogen-bond donors (Lipinski definition) is 1. The molecule has 1 fully saturated rings. The Balaban J connectivity index is 1.39. The van der Waals surface area contributed by atoms with Crippen molar-refractivity contribution in [2.24, 2.45) is 0 Å². The van der Waals surface area contributed by atoms with E-state index in [1.165, 1.54) is 17.7 Å². The number of halogens is 1. The molecule has 0 amide bonds. The van der Waals surface area contributed by atoms with Gasteiger partial charge in [-0.3, -0.25) is 9.69 Å². The summed E-state index contributed by atoms with van der Waals surface area (Å²) in [6, 6.07) is 21.5. The molecular weight excluding hydrogens is 455 g/mol. The lowest BCUT2D eigenvalue weighted by Gasteiger charge is -2.44. The second-order valence-corrected chi connectivity index (χ2v) is 9.28. The quantitative estimate of drug-likeness (QED) is 0.520. The summed E-state index contributed by atoms with van der Waals surface area (Å²) in [7, 11) is 1.55. The summed E-state index contributed by atoms with van der Waals surface area (Å²) in [5.41, 5.74) is 4.36. The van der Waals surface area contributed by atoms with E-state index >= 15 is 0 Å². The molecule has 0 bridgehead atoms. The molecule has 5 rings (SSSR count). The van der Waals surface area contributed by atoms with E-state index in [9.17, 15) is 9.18 Å². The summed E-state index contributed by atoms with van der Waals surface area (Å²) in [5, 5.41) is 12.8. The van der Waals surface area contributed by atoms with E-state index in [1.807, 2.05) is 12.1 Å². The molecular formula is C29H29FN4O2. The van der Waals surface area contributed by atoms with Crippen LogP contribution >= 0.6 is 0 Å². The van der Waals surface area contributed by atoms with Gasteiger partial charge in [-0.2, -0.15) is 5.26 Å². The Morgan fingerprint density at radius 2 is 1.83 bits per heavy atom. The van der Waals surface area contributed by atoms with Crippen LogP contribution in [0.25, 0.3) is 0 Å². The number of benzene rings is 3. The highest BCUT2D eigenvalue weighted by Gasteiger charge is 2.37. The molecule has 2 heterocycles. The number of nitrogens with zero attached hydrogens (tertiary/aromatic N) is 3. The van der Waals surface area contributed by atoms with Gasteiger partial charge < -0.3 is 15.0 Å². The molecule has 0 aromatic heterocycles. The van der Waals surface area contributed by atoms with E-state index < -0.39 is 0 Å². The van der Waals surface area contributed by atoms with Gasteiger partial charge in [0.05, 0.1) is 30.5 Å². The van der Waals surface area contributed by atoms with Crippen molar-refractivity contribution in [3.8, 4) is 11.8 Å². The van der Waals surface area contributed by atoms with E-state index in [0.29, 0.717) is 43.1 Å². The van der Waals surface area contributed by atoms with Gasteiger partial charge in [0.25, 0.3) is 0 Å². The highest BCUT2D eigenvalue weighted by molar-refractivity contribution is 6.01. The predicted octanol–water partition coefficient (Wildman–Crippen LogP) is 4.51. The minimum Gasteiger partial charge on any atom is -0.494 e. The number of Topliss-reactive ketones (excluding diaryl/α,β-unsaturated/α-hetero) is 1. The average molecular weight is 485 g/mol. The van der Waals surface area contributed by atoms with Crippen molar-refractivity contribution < 1.29 is 13.9 Å². The molecule has 2 unspecified atom stereocenters. The van der Waals surface area contributed by atoms with Crippen molar-refractivity contribution in [3.63, 3.8) is 0 Å². The Morgan fingerprint density at radius 1 is 1.08 bits per heavy atom. The van der Waals surface area contributed by atoms with Gasteiger partial charge in [-0.15, -0.1) is 0 Å². The Morgan fingerprint density at radius 3 is 2.56 bits per heavy atom. The van der Waals surface area contributed by atoms with E-state index in [-0.39, 0.29) is 23.7 Å². The third kappa shape index (κ3) is 4.77. The number of nitriles is 1. The minimum absolute atomic E-state index is 0.0325. The van der Waals surface area contributed by atoms with Crippen LogP contribution in [0, 0.1) is 17.1 Å². The van der Waals surface area contributed by atoms with Gasteiger partial charge in [0.1, 0.15) is 11.6 Å². The molecule has 7 heteroatoms. The predicted molar refractivity (Wildman–Crippen MR) is 138 cm³/mol. The highest BCUT2D eigenvalue weighted by Crippen LogP contribution is 2.32. The molecule has 6 nitrogen and oxygen atoms in total. The monoisotopic (exact) mass is 484 g/mol. The van der Waals surface area contributed by atoms with Crippen LogP contribution in [0.5, 0.6) is 5.75 Å². The second-order valence-electron chi connectivity index (χ2n) is 9.28. The molecule has 3 aromatic rings. The van der Waals surface area contributed by atoms with Gasteiger partial charge in [0, 0.05) is 49.5 Å². The Kier molecular flexibility index (Phi) is 6.88. The number of para-hydroxylation sites is 1. The number of aryl methyl sites for hydroxylation is 1. The smallest absolute Gasteiger partial charge is 0.182 e. The third-order valence-electron chi connectivity index (χ3n) is 7.22. The third-order valence-corrected chi connectivity index (χ3v) is 7.22. The van der Waals surface area contributed by atoms with Gasteiger partial charge in [0.2, 0.25) is 0 Å². The number of carbonyl (C=O) groups excluding carboxylic acids is 1. The van der Waals surface area contributed by atoms with Crippen molar-refractivity contribution in [3.05, 3.63) is 89.2 Å². The summed E-state index contributed by atoms with van der Waals surface area (Å²) in [4.78, 5) is 18.3. The summed E-state index contributed by atoms with van der Waals surface area (Å²) >= 11 is 0. The fourth-order valence-electron chi connectivity index (χ4n) is 5.34. The fraction of sp³-hybridized carbons (Fsp3) is 0.310. The number of methoxy groups -OCH3 is 1. The molecule has 0 radical (unpaired) electrons. The first-order chi connectivity index (χ1) is 17.6. The van der Waals surface area contributed by atoms with Crippen molar-refractivity contribution in [1.29, 1.82) is 5.26 Å². The molecule has 0 spiro atoms. The van der Waals surface area contributed by atoms with Gasteiger partial charge in [-0.05, 0) is 48.7 Å². The van der Waals surface area contributed by atoms with Gasteiger partial charge in [0.15, 0.2) is 5.78 Å². The molecule has 36 heavy (non-hydrogen) atoms. The maximum Gasteiger partial charge on any atom is 0.182 e. The lowest BCUT2D eigenvalue weighted by molar-refractivity contribution is 0.0771. The van der Waals surface area contributed by atoms with E-state index in [1.54, 1.807) is 37.4 Å². The number of piperazine rings is 1. The van der Waals surface area contributed by atoms with Gasteiger partial charge >= 0.3 is 0 Å². The lowest BCUT2D eigenvalue weighted by Crippen LogP contribution is -2.58. The van der Waals surface area contributed by atoms with Crippen LogP contribution in [0.4, 0.5) is 15.8 Å². The Bertz CT molecular complexity index is 1280. The van der Waals surface area contributed by atoms with Gasteiger partial charge in [-0.1, -0.05) is 30.3 Å². The summed E-state index contributed by atoms with van der Waals surface area (Å²) in [6.07, 6.45) is 1.77. The average Bonchev–Trinajstić information content (AvgIpc) is 2.93. The van der Waals surface area contributed by atoms with Crippen molar-refractivity contribution in [2.45, 2.75) is 24.9 Å². The molecule has 2 atom stereocenters. The topological polar surface area (TPSA) is 68.6 Å². The first kappa shape index (κ1) is 23.8. The normalized spacial score (nSPS) is 18.5. The summed E-state index contributed by atoms with van der Waals surface area (Å²) in [6.45, 7) is 2.77. The summed E-state index contributed by atoms with van der Waals surface area (Å²) in [5.74, 6) is 0.245. The zero-order valence-corrected chi connectivity index (χ0v) is 20.3. The van der Waals surface area contributed by atoms with Crippen LogP contribution in [0.15, 0.2) is 66.7 Å². The van der Waals surface area contributed by atoms with Crippen LogP contribution in [-0.4, -0.2) is 56.1 Å². The maximum atomic E-state index is 13.9. The molecule has 184 valence electrons. The Hall–Kier alpha value is -3.89. The maximum absolute atomic E-state index is 13.9. The molecule has 2 aliphatic heterocycles. The molecule has 3 aromatic carbocycles. The molecule has 1 N–H and O–H groups in total. The number of hydrogen-bond acceptors (Lipinski definition) is 6. The standard InChI is InChI=1S/C29H29FN4O2/c1-36-27-18-23(30)11-13-26(27)33-14-16-34(17-15-33)28(29(35)22-8-6-20(19-31)7-9-22)25-12-10-21-4-2-3-5-24(21)32-25/h2-9,11,13,18,25,28,32H,10,12,14-17H2,1H3. The van der Waals surface area contributed by atoms with E-state index in [2.05, 4.69) is 33.3 Å².